The molecule has 1 aliphatic carbocycles. The van der Waals surface area contributed by atoms with Crippen LogP contribution in [0.4, 0.5) is 21.8 Å². The van der Waals surface area contributed by atoms with Crippen molar-refractivity contribution in [1.29, 1.82) is 0 Å². The Hall–Kier alpha value is -3.22. The van der Waals surface area contributed by atoms with Gasteiger partial charge in [0, 0.05) is 42.3 Å². The summed E-state index contributed by atoms with van der Waals surface area (Å²) in [5.74, 6) is 1.42. The van der Waals surface area contributed by atoms with Gasteiger partial charge < -0.3 is 15.2 Å². The van der Waals surface area contributed by atoms with Crippen LogP contribution in [0.1, 0.15) is 36.3 Å². The highest BCUT2D eigenvalue weighted by molar-refractivity contribution is 5.57. The quantitative estimate of drug-likeness (QED) is 0.561. The normalized spacial score (nSPS) is 13.3. The van der Waals surface area contributed by atoms with Gasteiger partial charge in [0.1, 0.15) is 11.6 Å². The average Bonchev–Trinajstić information content (AvgIpc) is 3.54. The SMILES string of the molecule is Cc1cccn(CCCNc2nc(Nc3cccc(F)c3)ncc2C2CC2)c1=O. The molecule has 0 atom stereocenters. The molecular formula is C22H24FN5O. The molecule has 0 bridgehead atoms. The second kappa shape index (κ2) is 8.43. The molecule has 2 aromatic heterocycles. The maximum Gasteiger partial charge on any atom is 0.253 e. The van der Waals surface area contributed by atoms with Crippen LogP contribution in [0.3, 0.4) is 0 Å². The first-order valence-electron chi connectivity index (χ1n) is 9.89. The van der Waals surface area contributed by atoms with Gasteiger partial charge in [0.2, 0.25) is 5.95 Å². The fraction of sp³-hybridized carbons (Fsp3) is 0.318. The van der Waals surface area contributed by atoms with Crippen LogP contribution >= 0.6 is 0 Å². The Labute approximate surface area is 168 Å². The van der Waals surface area contributed by atoms with Crippen molar-refractivity contribution in [2.45, 2.75) is 38.6 Å². The molecule has 4 rings (SSSR count). The monoisotopic (exact) mass is 393 g/mol. The number of halogens is 1. The molecule has 1 aromatic carbocycles. The summed E-state index contributed by atoms with van der Waals surface area (Å²) in [5, 5.41) is 6.45. The van der Waals surface area contributed by atoms with Gasteiger partial charge in [0.15, 0.2) is 0 Å². The van der Waals surface area contributed by atoms with Crippen LogP contribution in [-0.2, 0) is 6.54 Å². The molecule has 2 N–H and O–H groups in total. The lowest BCUT2D eigenvalue weighted by atomic mass is 10.2. The lowest BCUT2D eigenvalue weighted by molar-refractivity contribution is 0.628. The highest BCUT2D eigenvalue weighted by Crippen LogP contribution is 2.42. The summed E-state index contributed by atoms with van der Waals surface area (Å²) in [6.07, 6.45) is 6.75. The minimum atomic E-state index is -0.311. The fourth-order valence-electron chi connectivity index (χ4n) is 3.27. The Morgan fingerprint density at radius 3 is 2.90 bits per heavy atom. The molecule has 1 aliphatic rings. The molecule has 2 heterocycles. The fourth-order valence-corrected chi connectivity index (χ4v) is 3.27. The smallest absolute Gasteiger partial charge is 0.253 e. The number of anilines is 3. The summed E-state index contributed by atoms with van der Waals surface area (Å²) < 4.78 is 15.1. The molecule has 7 heteroatoms. The second-order valence-electron chi connectivity index (χ2n) is 7.38. The van der Waals surface area contributed by atoms with Crippen LogP contribution in [-0.4, -0.2) is 21.1 Å². The number of aromatic nitrogens is 3. The van der Waals surface area contributed by atoms with E-state index in [-0.39, 0.29) is 11.4 Å². The van der Waals surface area contributed by atoms with E-state index < -0.39 is 0 Å². The van der Waals surface area contributed by atoms with Gasteiger partial charge in [-0.05, 0) is 56.4 Å². The molecule has 0 amide bonds. The van der Waals surface area contributed by atoms with E-state index in [0.29, 0.717) is 30.6 Å². The Bertz CT molecular complexity index is 1060. The van der Waals surface area contributed by atoms with E-state index in [1.54, 1.807) is 16.7 Å². The summed E-state index contributed by atoms with van der Waals surface area (Å²) >= 11 is 0. The first-order valence-corrected chi connectivity index (χ1v) is 9.89. The largest absolute Gasteiger partial charge is 0.370 e. The van der Waals surface area contributed by atoms with Crippen molar-refractivity contribution in [2.24, 2.45) is 0 Å². The predicted molar refractivity (Wildman–Crippen MR) is 112 cm³/mol. The third kappa shape index (κ3) is 4.80. The number of hydrogen-bond acceptors (Lipinski definition) is 5. The number of rotatable bonds is 8. The summed E-state index contributed by atoms with van der Waals surface area (Å²) in [6, 6.07) is 9.94. The van der Waals surface area contributed by atoms with Crippen LogP contribution < -0.4 is 16.2 Å². The molecule has 0 spiro atoms. The molecule has 150 valence electrons. The topological polar surface area (TPSA) is 71.8 Å². The lowest BCUT2D eigenvalue weighted by Crippen LogP contribution is -2.22. The molecule has 29 heavy (non-hydrogen) atoms. The van der Waals surface area contributed by atoms with Gasteiger partial charge in [-0.1, -0.05) is 12.1 Å². The molecule has 0 unspecified atom stereocenters. The Balaban J connectivity index is 1.42. The highest BCUT2D eigenvalue weighted by Gasteiger charge is 2.27. The molecule has 1 saturated carbocycles. The van der Waals surface area contributed by atoms with Crippen molar-refractivity contribution in [3.8, 4) is 0 Å². The van der Waals surface area contributed by atoms with Crippen molar-refractivity contribution in [3.05, 3.63) is 76.1 Å². The van der Waals surface area contributed by atoms with Crippen LogP contribution in [0.2, 0.25) is 0 Å². The highest BCUT2D eigenvalue weighted by atomic mass is 19.1. The van der Waals surface area contributed by atoms with Crippen molar-refractivity contribution in [1.82, 2.24) is 14.5 Å². The van der Waals surface area contributed by atoms with E-state index in [0.717, 1.165) is 36.2 Å². The van der Waals surface area contributed by atoms with Crippen molar-refractivity contribution in [2.75, 3.05) is 17.2 Å². The number of nitrogens with zero attached hydrogens (tertiary/aromatic N) is 3. The van der Waals surface area contributed by atoms with E-state index in [1.807, 2.05) is 31.5 Å². The van der Waals surface area contributed by atoms with Crippen LogP contribution in [0.5, 0.6) is 0 Å². The zero-order chi connectivity index (χ0) is 20.2. The van der Waals surface area contributed by atoms with E-state index in [1.165, 1.54) is 12.1 Å². The lowest BCUT2D eigenvalue weighted by Gasteiger charge is -2.13. The van der Waals surface area contributed by atoms with Crippen LogP contribution in [0, 0.1) is 12.7 Å². The van der Waals surface area contributed by atoms with Crippen molar-refractivity contribution < 1.29 is 4.39 Å². The van der Waals surface area contributed by atoms with Crippen LogP contribution in [0.15, 0.2) is 53.6 Å². The molecule has 1 fully saturated rings. The molecule has 0 aliphatic heterocycles. The standard InChI is InChI=1S/C22H24FN5O/c1-15-5-3-11-28(21(15)29)12-4-10-24-20-19(16-8-9-16)14-25-22(27-20)26-18-7-2-6-17(23)13-18/h2-3,5-7,11,13-14,16H,4,8-10,12H2,1H3,(H2,24,25,26,27). The zero-order valence-electron chi connectivity index (χ0n) is 16.4. The summed E-state index contributed by atoms with van der Waals surface area (Å²) in [4.78, 5) is 21.1. The summed E-state index contributed by atoms with van der Waals surface area (Å²) in [5.41, 5.74) is 2.52. The maximum absolute atomic E-state index is 13.4. The molecule has 6 nitrogen and oxygen atoms in total. The van der Waals surface area contributed by atoms with Gasteiger partial charge >= 0.3 is 0 Å². The van der Waals surface area contributed by atoms with E-state index in [4.69, 9.17) is 0 Å². The van der Waals surface area contributed by atoms with E-state index in [2.05, 4.69) is 20.6 Å². The van der Waals surface area contributed by atoms with Gasteiger partial charge in [-0.3, -0.25) is 4.79 Å². The van der Waals surface area contributed by atoms with Gasteiger partial charge in [0.05, 0.1) is 0 Å². The van der Waals surface area contributed by atoms with Gasteiger partial charge in [-0.2, -0.15) is 4.98 Å². The van der Waals surface area contributed by atoms with Crippen molar-refractivity contribution >= 4 is 17.5 Å². The minimum absolute atomic E-state index is 0.0507. The Morgan fingerprint density at radius 2 is 2.10 bits per heavy atom. The molecule has 0 saturated heterocycles. The predicted octanol–water partition coefficient (Wildman–Crippen LogP) is 4.21. The summed E-state index contributed by atoms with van der Waals surface area (Å²) in [6.45, 7) is 3.16. The van der Waals surface area contributed by atoms with Gasteiger partial charge in [-0.15, -0.1) is 0 Å². The van der Waals surface area contributed by atoms with E-state index >= 15 is 0 Å². The van der Waals surface area contributed by atoms with Gasteiger partial charge in [-0.25, -0.2) is 9.37 Å². The Morgan fingerprint density at radius 1 is 1.24 bits per heavy atom. The average molecular weight is 393 g/mol. The number of hydrogen-bond donors (Lipinski definition) is 2. The number of nitrogens with one attached hydrogen (secondary N) is 2. The third-order valence-electron chi connectivity index (χ3n) is 4.99. The zero-order valence-corrected chi connectivity index (χ0v) is 16.4. The number of pyridine rings is 1. The minimum Gasteiger partial charge on any atom is -0.370 e. The molecule has 0 radical (unpaired) electrons. The second-order valence-corrected chi connectivity index (χ2v) is 7.38. The molecular weight excluding hydrogens is 369 g/mol. The van der Waals surface area contributed by atoms with E-state index in [9.17, 15) is 9.18 Å². The first kappa shape index (κ1) is 19.1. The van der Waals surface area contributed by atoms with Crippen molar-refractivity contribution in [3.63, 3.8) is 0 Å². The van der Waals surface area contributed by atoms with Gasteiger partial charge in [0.25, 0.3) is 5.56 Å². The summed E-state index contributed by atoms with van der Waals surface area (Å²) in [7, 11) is 0. The first-order chi connectivity index (χ1) is 14.1. The van der Waals surface area contributed by atoms with Crippen LogP contribution in [0.25, 0.3) is 0 Å². The molecule has 3 aromatic rings. The number of benzene rings is 1. The number of aryl methyl sites for hydroxylation is 2. The maximum atomic E-state index is 13.4. The third-order valence-corrected chi connectivity index (χ3v) is 4.99. The Kier molecular flexibility index (Phi) is 5.55.